The lowest BCUT2D eigenvalue weighted by Crippen LogP contribution is -2.32. The van der Waals surface area contributed by atoms with Crippen molar-refractivity contribution in [3.05, 3.63) is 93.5 Å². The summed E-state index contributed by atoms with van der Waals surface area (Å²) in [5.41, 5.74) is 2.53. The molecule has 1 aromatic heterocycles. The first-order valence-corrected chi connectivity index (χ1v) is 11.5. The summed E-state index contributed by atoms with van der Waals surface area (Å²) in [5.74, 6) is -2.70. The van der Waals surface area contributed by atoms with Crippen LogP contribution in [0.25, 0.3) is 22.0 Å². The van der Waals surface area contributed by atoms with Crippen LogP contribution in [0.3, 0.4) is 0 Å². The molecule has 0 radical (unpaired) electrons. The molecule has 0 saturated carbocycles. The predicted molar refractivity (Wildman–Crippen MR) is 131 cm³/mol. The zero-order valence-electron chi connectivity index (χ0n) is 18.6. The number of carboxylic acids is 1. The standard InChI is InChI=1S/C26H23ClFN3O4/c27-21-11-10-18(15-22(21)28)17-8-5-16(6-9-17)7-12-24(32)20(26(34)35)13-14-31-25(33)19-3-1-2-4-23(19)29-30-31/h1-6,8-11,15,20,24,32H,7,12-14H2,(H,34,35). The van der Waals surface area contributed by atoms with Gasteiger partial charge in [0.2, 0.25) is 0 Å². The van der Waals surface area contributed by atoms with Gasteiger partial charge in [0.15, 0.2) is 0 Å². The molecule has 4 aromatic rings. The van der Waals surface area contributed by atoms with Crippen LogP contribution in [0.1, 0.15) is 18.4 Å². The van der Waals surface area contributed by atoms with Crippen LogP contribution >= 0.6 is 11.6 Å². The molecule has 9 heteroatoms. The molecule has 4 rings (SSSR count). The number of aromatic nitrogens is 3. The highest BCUT2D eigenvalue weighted by molar-refractivity contribution is 6.30. The molecule has 0 aliphatic heterocycles. The number of aliphatic carboxylic acids is 1. The van der Waals surface area contributed by atoms with Crippen molar-refractivity contribution in [3.63, 3.8) is 0 Å². The van der Waals surface area contributed by atoms with Crippen LogP contribution in [0.4, 0.5) is 4.39 Å². The number of nitrogens with zero attached hydrogens (tertiary/aromatic N) is 3. The van der Waals surface area contributed by atoms with Crippen molar-refractivity contribution in [2.24, 2.45) is 5.92 Å². The van der Waals surface area contributed by atoms with Gasteiger partial charge in [-0.15, -0.1) is 5.10 Å². The summed E-state index contributed by atoms with van der Waals surface area (Å²) < 4.78 is 14.9. The summed E-state index contributed by atoms with van der Waals surface area (Å²) in [7, 11) is 0. The van der Waals surface area contributed by atoms with E-state index in [-0.39, 0.29) is 30.0 Å². The normalized spacial score (nSPS) is 13.0. The molecule has 3 aromatic carbocycles. The number of carbonyl (C=O) groups is 1. The van der Waals surface area contributed by atoms with Gasteiger partial charge in [0.1, 0.15) is 11.3 Å². The van der Waals surface area contributed by atoms with E-state index in [1.54, 1.807) is 30.3 Å². The Morgan fingerprint density at radius 1 is 1.03 bits per heavy atom. The van der Waals surface area contributed by atoms with Crippen LogP contribution in [-0.2, 0) is 17.8 Å². The zero-order chi connectivity index (χ0) is 24.9. The minimum atomic E-state index is -1.14. The summed E-state index contributed by atoms with van der Waals surface area (Å²) in [5, 5.41) is 28.6. The Morgan fingerprint density at radius 2 is 1.74 bits per heavy atom. The molecule has 180 valence electrons. The molecule has 2 unspecified atom stereocenters. The summed E-state index contributed by atoms with van der Waals surface area (Å²) in [6, 6.07) is 18.8. The number of fused-ring (bicyclic) bond motifs is 1. The van der Waals surface area contributed by atoms with Crippen LogP contribution in [0.5, 0.6) is 0 Å². The highest BCUT2D eigenvalue weighted by atomic mass is 35.5. The van der Waals surface area contributed by atoms with Crippen LogP contribution in [0.15, 0.2) is 71.5 Å². The van der Waals surface area contributed by atoms with E-state index in [0.29, 0.717) is 22.9 Å². The minimum Gasteiger partial charge on any atom is -0.481 e. The van der Waals surface area contributed by atoms with Crippen molar-refractivity contribution in [3.8, 4) is 11.1 Å². The Balaban J connectivity index is 1.38. The largest absolute Gasteiger partial charge is 0.481 e. The molecule has 0 saturated heterocycles. The lowest BCUT2D eigenvalue weighted by atomic mass is 9.93. The predicted octanol–water partition coefficient (Wildman–Crippen LogP) is 4.34. The third-order valence-corrected chi connectivity index (χ3v) is 6.31. The topological polar surface area (TPSA) is 105 Å². The van der Waals surface area contributed by atoms with E-state index < -0.39 is 23.8 Å². The van der Waals surface area contributed by atoms with Crippen molar-refractivity contribution in [2.75, 3.05) is 0 Å². The second kappa shape index (κ2) is 10.8. The Morgan fingerprint density at radius 3 is 2.46 bits per heavy atom. The molecule has 35 heavy (non-hydrogen) atoms. The van der Waals surface area contributed by atoms with Crippen LogP contribution in [0.2, 0.25) is 5.02 Å². The molecular weight excluding hydrogens is 473 g/mol. The molecule has 0 spiro atoms. The van der Waals surface area contributed by atoms with Crippen LogP contribution < -0.4 is 5.56 Å². The number of benzene rings is 3. The molecular formula is C26H23ClFN3O4. The van der Waals surface area contributed by atoms with Crippen molar-refractivity contribution >= 4 is 28.5 Å². The average molecular weight is 496 g/mol. The monoisotopic (exact) mass is 495 g/mol. The van der Waals surface area contributed by atoms with Gasteiger partial charge in [-0.2, -0.15) is 0 Å². The first kappa shape index (κ1) is 24.5. The fourth-order valence-electron chi connectivity index (χ4n) is 3.97. The van der Waals surface area contributed by atoms with Gasteiger partial charge in [0, 0.05) is 6.54 Å². The molecule has 7 nitrogen and oxygen atoms in total. The molecule has 0 amide bonds. The highest BCUT2D eigenvalue weighted by Crippen LogP contribution is 2.25. The van der Waals surface area contributed by atoms with E-state index in [1.807, 2.05) is 24.3 Å². The Bertz CT molecular complexity index is 1410. The van der Waals surface area contributed by atoms with Crippen molar-refractivity contribution < 1.29 is 19.4 Å². The lowest BCUT2D eigenvalue weighted by molar-refractivity contribution is -0.146. The van der Waals surface area contributed by atoms with Gasteiger partial charge in [-0.05, 0) is 60.2 Å². The lowest BCUT2D eigenvalue weighted by Gasteiger charge is -2.19. The van der Waals surface area contributed by atoms with Gasteiger partial charge >= 0.3 is 5.97 Å². The number of aliphatic hydroxyl groups is 1. The maximum Gasteiger partial charge on any atom is 0.309 e. The molecule has 0 bridgehead atoms. The van der Waals surface area contributed by atoms with Gasteiger partial charge in [0.25, 0.3) is 5.56 Å². The van der Waals surface area contributed by atoms with E-state index in [9.17, 15) is 24.2 Å². The maximum atomic E-state index is 13.7. The van der Waals surface area contributed by atoms with E-state index in [4.69, 9.17) is 11.6 Å². The fraction of sp³-hybridized carbons (Fsp3) is 0.231. The number of rotatable bonds is 9. The Kier molecular flexibility index (Phi) is 7.53. The summed E-state index contributed by atoms with van der Waals surface area (Å²) >= 11 is 5.74. The fourth-order valence-corrected chi connectivity index (χ4v) is 4.08. The van der Waals surface area contributed by atoms with E-state index in [0.717, 1.165) is 15.8 Å². The number of aliphatic hydroxyl groups excluding tert-OH is 1. The second-order valence-electron chi connectivity index (χ2n) is 8.30. The summed E-state index contributed by atoms with van der Waals surface area (Å²) in [6.45, 7) is 0.0248. The second-order valence-corrected chi connectivity index (χ2v) is 8.71. The van der Waals surface area contributed by atoms with Crippen molar-refractivity contribution in [1.29, 1.82) is 0 Å². The average Bonchev–Trinajstić information content (AvgIpc) is 2.86. The summed E-state index contributed by atoms with van der Waals surface area (Å²) in [4.78, 5) is 24.4. The van der Waals surface area contributed by atoms with E-state index in [2.05, 4.69) is 10.3 Å². The first-order valence-electron chi connectivity index (χ1n) is 11.1. The van der Waals surface area contributed by atoms with E-state index in [1.165, 1.54) is 12.1 Å². The Hall–Kier alpha value is -3.62. The van der Waals surface area contributed by atoms with E-state index >= 15 is 0 Å². The van der Waals surface area contributed by atoms with Crippen LogP contribution in [0, 0.1) is 11.7 Å². The molecule has 0 fully saturated rings. The number of carboxylic acid groups (broad SMARTS) is 1. The highest BCUT2D eigenvalue weighted by Gasteiger charge is 2.26. The van der Waals surface area contributed by atoms with Gasteiger partial charge in [-0.25, -0.2) is 9.07 Å². The summed E-state index contributed by atoms with van der Waals surface area (Å²) in [6.07, 6.45) is -0.397. The molecule has 2 N–H and O–H groups in total. The maximum absolute atomic E-state index is 13.7. The third-order valence-electron chi connectivity index (χ3n) is 6.00. The van der Waals surface area contributed by atoms with Gasteiger partial charge in [0.05, 0.1) is 22.4 Å². The van der Waals surface area contributed by atoms with Gasteiger partial charge in [-0.1, -0.05) is 59.3 Å². The number of hydrogen-bond donors (Lipinski definition) is 2. The number of hydrogen-bond acceptors (Lipinski definition) is 5. The van der Waals surface area contributed by atoms with Crippen molar-refractivity contribution in [1.82, 2.24) is 15.0 Å². The quantitative estimate of drug-likeness (QED) is 0.358. The smallest absolute Gasteiger partial charge is 0.309 e. The minimum absolute atomic E-state index is 0.0248. The molecule has 0 aliphatic carbocycles. The van der Waals surface area contributed by atoms with Gasteiger partial charge in [-0.3, -0.25) is 9.59 Å². The van der Waals surface area contributed by atoms with Gasteiger partial charge < -0.3 is 10.2 Å². The van der Waals surface area contributed by atoms with Crippen molar-refractivity contribution in [2.45, 2.75) is 31.9 Å². The number of halogens is 2. The zero-order valence-corrected chi connectivity index (χ0v) is 19.4. The van der Waals surface area contributed by atoms with Crippen LogP contribution in [-0.4, -0.2) is 37.3 Å². The molecule has 2 atom stereocenters. The molecule has 0 aliphatic rings. The third kappa shape index (κ3) is 5.72. The molecule has 1 heterocycles. The SMILES string of the molecule is O=C(O)C(CCn1nnc2ccccc2c1=O)C(O)CCc1ccc(-c2ccc(Cl)c(F)c2)cc1. The Labute approximate surface area is 205 Å². The number of aryl methyl sites for hydroxylation is 2. The first-order chi connectivity index (χ1) is 16.8.